The number of amides is 3. The highest BCUT2D eigenvalue weighted by molar-refractivity contribution is 5.94. The lowest BCUT2D eigenvalue weighted by atomic mass is 9.82. The molecular weight excluding hydrogens is 369 g/mol. The molecule has 4 rings (SSSR count). The van der Waals surface area contributed by atoms with Crippen molar-refractivity contribution in [3.63, 3.8) is 0 Å². The predicted octanol–water partition coefficient (Wildman–Crippen LogP) is 4.48. The maximum absolute atomic E-state index is 13.9. The topological polar surface area (TPSA) is 61.4 Å². The molecule has 2 N–H and O–H groups in total. The van der Waals surface area contributed by atoms with Crippen molar-refractivity contribution < 1.29 is 14.0 Å². The zero-order valence-electron chi connectivity index (χ0n) is 16.5. The molecule has 2 saturated heterocycles. The number of carbonyl (C=O) groups excluding carboxylic acids is 2. The van der Waals surface area contributed by atoms with Gasteiger partial charge in [-0.3, -0.25) is 4.79 Å². The molecule has 5 nitrogen and oxygen atoms in total. The molecule has 3 amide bonds. The van der Waals surface area contributed by atoms with Gasteiger partial charge in [0.05, 0.1) is 5.69 Å². The standard InChI is InChI=1S/C23H26FN3O2/c1-15-9-11-16(12-10-15)22(28)25-17-13-18-5-4-6-19(14-17)27(18)23(29)26-21-8-3-2-7-20(21)24/h2-3,7-12,17-19H,4-6,13-14H2,1H3,(H,25,28)(H,26,29)/t17?,18-,19+. The van der Waals surface area contributed by atoms with Gasteiger partial charge >= 0.3 is 6.03 Å². The number of aryl methyl sites for hydroxylation is 1. The number of carbonyl (C=O) groups is 2. The fourth-order valence-corrected chi connectivity index (χ4v) is 4.55. The number of para-hydroxylation sites is 1. The molecule has 29 heavy (non-hydrogen) atoms. The summed E-state index contributed by atoms with van der Waals surface area (Å²) in [5, 5.41) is 5.86. The molecule has 3 atom stereocenters. The molecular formula is C23H26FN3O2. The molecule has 0 saturated carbocycles. The number of nitrogens with one attached hydrogen (secondary N) is 2. The van der Waals surface area contributed by atoms with Gasteiger partial charge in [-0.05, 0) is 63.3 Å². The van der Waals surface area contributed by atoms with Crippen molar-refractivity contribution in [2.75, 3.05) is 5.32 Å². The Hall–Kier alpha value is -2.89. The van der Waals surface area contributed by atoms with E-state index in [4.69, 9.17) is 0 Å². The monoisotopic (exact) mass is 395 g/mol. The Bertz CT molecular complexity index is 885. The third-order valence-electron chi connectivity index (χ3n) is 5.97. The molecule has 2 heterocycles. The third-order valence-corrected chi connectivity index (χ3v) is 5.97. The maximum Gasteiger partial charge on any atom is 0.322 e. The number of urea groups is 1. The van der Waals surface area contributed by atoms with E-state index >= 15 is 0 Å². The first-order valence-corrected chi connectivity index (χ1v) is 10.2. The fraction of sp³-hybridized carbons (Fsp3) is 0.391. The van der Waals surface area contributed by atoms with Crippen molar-refractivity contribution in [2.45, 2.75) is 57.2 Å². The lowest BCUT2D eigenvalue weighted by Crippen LogP contribution is -2.59. The molecule has 0 aromatic heterocycles. The van der Waals surface area contributed by atoms with Gasteiger partial charge in [0.25, 0.3) is 5.91 Å². The van der Waals surface area contributed by atoms with Gasteiger partial charge in [-0.25, -0.2) is 9.18 Å². The molecule has 1 unspecified atom stereocenters. The number of nitrogens with zero attached hydrogens (tertiary/aromatic N) is 1. The zero-order valence-corrected chi connectivity index (χ0v) is 16.5. The van der Waals surface area contributed by atoms with Crippen LogP contribution >= 0.6 is 0 Å². The van der Waals surface area contributed by atoms with Crippen LogP contribution in [0, 0.1) is 12.7 Å². The summed E-state index contributed by atoms with van der Waals surface area (Å²) in [5.74, 6) is -0.511. The van der Waals surface area contributed by atoms with Gasteiger partial charge in [-0.15, -0.1) is 0 Å². The quantitative estimate of drug-likeness (QED) is 0.805. The summed E-state index contributed by atoms with van der Waals surface area (Å²) in [5.41, 5.74) is 1.97. The van der Waals surface area contributed by atoms with Crippen molar-refractivity contribution >= 4 is 17.6 Å². The van der Waals surface area contributed by atoms with Crippen LogP contribution in [0.15, 0.2) is 48.5 Å². The van der Waals surface area contributed by atoms with Crippen molar-refractivity contribution in [3.05, 3.63) is 65.5 Å². The van der Waals surface area contributed by atoms with Crippen LogP contribution in [0.25, 0.3) is 0 Å². The van der Waals surface area contributed by atoms with E-state index in [1.54, 1.807) is 18.2 Å². The summed E-state index contributed by atoms with van der Waals surface area (Å²) in [6.45, 7) is 1.99. The lowest BCUT2D eigenvalue weighted by molar-refractivity contribution is 0.0576. The Balaban J connectivity index is 1.42. The molecule has 0 spiro atoms. The molecule has 2 aliphatic heterocycles. The first kappa shape index (κ1) is 19.4. The van der Waals surface area contributed by atoms with Gasteiger partial charge in [0.1, 0.15) is 5.82 Å². The van der Waals surface area contributed by atoms with Crippen molar-refractivity contribution in [2.24, 2.45) is 0 Å². The van der Waals surface area contributed by atoms with Crippen LogP contribution < -0.4 is 10.6 Å². The summed E-state index contributed by atoms with van der Waals surface area (Å²) < 4.78 is 13.9. The van der Waals surface area contributed by atoms with E-state index in [0.717, 1.165) is 37.7 Å². The van der Waals surface area contributed by atoms with Gasteiger partial charge in [-0.2, -0.15) is 0 Å². The van der Waals surface area contributed by atoms with Crippen LogP contribution in [0.2, 0.25) is 0 Å². The number of anilines is 1. The zero-order chi connectivity index (χ0) is 20.4. The Morgan fingerprint density at radius 3 is 2.31 bits per heavy atom. The van der Waals surface area contributed by atoms with Crippen molar-refractivity contribution in [1.82, 2.24) is 10.2 Å². The normalized spacial score (nSPS) is 23.4. The second-order valence-corrected chi connectivity index (χ2v) is 8.06. The number of rotatable bonds is 3. The van der Waals surface area contributed by atoms with Gasteiger partial charge in [0.15, 0.2) is 0 Å². The SMILES string of the molecule is Cc1ccc(C(=O)NC2C[C@H]3CCC[C@@H](C2)N3C(=O)Nc2ccccc2F)cc1. The Labute approximate surface area is 170 Å². The highest BCUT2D eigenvalue weighted by Gasteiger charge is 2.41. The van der Waals surface area contributed by atoms with Gasteiger partial charge in [0, 0.05) is 23.7 Å². The second-order valence-electron chi connectivity index (χ2n) is 8.06. The molecule has 0 aliphatic carbocycles. The summed E-state index contributed by atoms with van der Waals surface area (Å²) >= 11 is 0. The summed E-state index contributed by atoms with van der Waals surface area (Å²) in [4.78, 5) is 27.3. The molecule has 152 valence electrons. The predicted molar refractivity (Wildman–Crippen MR) is 110 cm³/mol. The largest absolute Gasteiger partial charge is 0.349 e. The van der Waals surface area contributed by atoms with E-state index in [0.29, 0.717) is 5.56 Å². The fourth-order valence-electron chi connectivity index (χ4n) is 4.55. The average molecular weight is 395 g/mol. The van der Waals surface area contributed by atoms with E-state index in [2.05, 4.69) is 10.6 Å². The molecule has 2 aliphatic rings. The highest BCUT2D eigenvalue weighted by Crippen LogP contribution is 2.35. The van der Waals surface area contributed by atoms with Crippen LogP contribution in [0.5, 0.6) is 0 Å². The number of halogens is 1. The van der Waals surface area contributed by atoms with Crippen LogP contribution in [0.4, 0.5) is 14.9 Å². The van der Waals surface area contributed by atoms with Crippen LogP contribution in [-0.2, 0) is 0 Å². The third kappa shape index (κ3) is 4.26. The first-order chi connectivity index (χ1) is 14.0. The van der Waals surface area contributed by atoms with Crippen molar-refractivity contribution in [1.29, 1.82) is 0 Å². The van der Waals surface area contributed by atoms with Gasteiger partial charge in [0.2, 0.25) is 0 Å². The minimum atomic E-state index is -0.439. The minimum absolute atomic E-state index is 0.0385. The van der Waals surface area contributed by atoms with Crippen LogP contribution in [-0.4, -0.2) is 35.0 Å². The number of fused-ring (bicyclic) bond motifs is 2. The van der Waals surface area contributed by atoms with Gasteiger partial charge < -0.3 is 15.5 Å². The number of hydrogen-bond acceptors (Lipinski definition) is 2. The number of hydrogen-bond donors (Lipinski definition) is 2. The van der Waals surface area contributed by atoms with Gasteiger partial charge in [-0.1, -0.05) is 29.8 Å². The molecule has 6 heteroatoms. The van der Waals surface area contributed by atoms with Crippen LogP contribution in [0.1, 0.15) is 48.0 Å². The molecule has 2 fully saturated rings. The summed E-state index contributed by atoms with van der Waals surface area (Å²) in [7, 11) is 0. The summed E-state index contributed by atoms with van der Waals surface area (Å²) in [6.07, 6.45) is 4.31. The number of piperidine rings is 2. The number of benzene rings is 2. The van der Waals surface area contributed by atoms with Crippen molar-refractivity contribution in [3.8, 4) is 0 Å². The lowest BCUT2D eigenvalue weighted by Gasteiger charge is -2.48. The minimum Gasteiger partial charge on any atom is -0.349 e. The van der Waals surface area contributed by atoms with Crippen LogP contribution in [0.3, 0.4) is 0 Å². The van der Waals surface area contributed by atoms with E-state index in [-0.39, 0.29) is 35.8 Å². The first-order valence-electron chi connectivity index (χ1n) is 10.2. The highest BCUT2D eigenvalue weighted by atomic mass is 19.1. The van der Waals surface area contributed by atoms with E-state index in [1.165, 1.54) is 6.07 Å². The smallest absolute Gasteiger partial charge is 0.322 e. The summed E-state index contributed by atoms with van der Waals surface area (Å²) in [6, 6.07) is 13.6. The molecule has 0 radical (unpaired) electrons. The second kappa shape index (κ2) is 8.23. The van der Waals surface area contributed by atoms with E-state index < -0.39 is 5.82 Å². The Kier molecular flexibility index (Phi) is 5.51. The Morgan fingerprint density at radius 2 is 1.66 bits per heavy atom. The van der Waals surface area contributed by atoms with E-state index in [1.807, 2.05) is 36.1 Å². The molecule has 2 bridgehead atoms. The molecule has 2 aromatic carbocycles. The van der Waals surface area contributed by atoms with E-state index in [9.17, 15) is 14.0 Å². The Morgan fingerprint density at radius 1 is 1.00 bits per heavy atom. The molecule has 2 aromatic rings. The maximum atomic E-state index is 13.9. The average Bonchev–Trinajstić information content (AvgIpc) is 2.69.